The van der Waals surface area contributed by atoms with Crippen molar-refractivity contribution >= 4 is 28.8 Å². The number of aromatic nitrogens is 1. The molecule has 1 amide bonds. The molecule has 1 atom stereocenters. The number of ketones is 1. The molecule has 2 heterocycles. The number of aryl methyl sites for hydroxylation is 2. The summed E-state index contributed by atoms with van der Waals surface area (Å²) >= 11 is 0. The Bertz CT molecular complexity index is 1270. The van der Waals surface area contributed by atoms with Crippen molar-refractivity contribution < 1.29 is 19.6 Å². The quantitative estimate of drug-likeness (QED) is 0.218. The summed E-state index contributed by atoms with van der Waals surface area (Å²) in [6.07, 6.45) is 1.54. The van der Waals surface area contributed by atoms with E-state index < -0.39 is 28.4 Å². The fourth-order valence-electron chi connectivity index (χ4n) is 3.69. The molecule has 1 N–H and O–H groups in total. The maximum absolute atomic E-state index is 13.1. The molecular weight excluding hydrogens is 410 g/mol. The van der Waals surface area contributed by atoms with Crippen LogP contribution in [0.4, 0.5) is 11.4 Å². The van der Waals surface area contributed by atoms with Crippen LogP contribution in [0.25, 0.3) is 5.76 Å². The van der Waals surface area contributed by atoms with Crippen molar-refractivity contribution in [1.29, 1.82) is 0 Å². The molecule has 0 radical (unpaired) electrons. The van der Waals surface area contributed by atoms with Crippen LogP contribution in [0.1, 0.15) is 28.4 Å². The van der Waals surface area contributed by atoms with E-state index in [1.54, 1.807) is 30.5 Å². The Labute approximate surface area is 183 Å². The molecule has 4 rings (SSSR count). The van der Waals surface area contributed by atoms with Gasteiger partial charge in [0, 0.05) is 29.6 Å². The fraction of sp³-hybridized carbons (Fsp3) is 0.125. The van der Waals surface area contributed by atoms with Gasteiger partial charge in [-0.15, -0.1) is 0 Å². The summed E-state index contributed by atoms with van der Waals surface area (Å²) in [4.78, 5) is 42.2. The second-order valence-electron chi connectivity index (χ2n) is 7.50. The van der Waals surface area contributed by atoms with Crippen LogP contribution >= 0.6 is 0 Å². The van der Waals surface area contributed by atoms with Crippen LogP contribution < -0.4 is 4.90 Å². The van der Waals surface area contributed by atoms with Gasteiger partial charge in [-0.2, -0.15) is 0 Å². The molecule has 2 aromatic carbocycles. The molecule has 32 heavy (non-hydrogen) atoms. The number of nitro groups is 1. The predicted octanol–water partition coefficient (Wildman–Crippen LogP) is 4.23. The van der Waals surface area contributed by atoms with E-state index in [0.717, 1.165) is 11.1 Å². The normalized spacial score (nSPS) is 17.6. The van der Waals surface area contributed by atoms with Crippen LogP contribution in [-0.2, 0) is 9.59 Å². The molecule has 1 aliphatic rings. The molecule has 0 bridgehead atoms. The first-order valence-corrected chi connectivity index (χ1v) is 9.83. The highest BCUT2D eigenvalue weighted by Crippen LogP contribution is 2.41. The molecule has 1 saturated heterocycles. The fourth-order valence-corrected chi connectivity index (χ4v) is 3.69. The Hall–Kier alpha value is -4.33. The molecule has 160 valence electrons. The Balaban J connectivity index is 1.91. The highest BCUT2D eigenvalue weighted by atomic mass is 16.6. The molecule has 1 aromatic heterocycles. The van der Waals surface area contributed by atoms with E-state index >= 15 is 0 Å². The Morgan fingerprint density at radius 2 is 1.75 bits per heavy atom. The summed E-state index contributed by atoms with van der Waals surface area (Å²) in [7, 11) is 0. The zero-order chi connectivity index (χ0) is 23.0. The monoisotopic (exact) mass is 429 g/mol. The number of non-ortho nitro benzene ring substituents is 1. The smallest absolute Gasteiger partial charge is 0.300 e. The van der Waals surface area contributed by atoms with Gasteiger partial charge in [-0.1, -0.05) is 12.1 Å². The minimum absolute atomic E-state index is 0.124. The van der Waals surface area contributed by atoms with Gasteiger partial charge in [0.15, 0.2) is 0 Å². The summed E-state index contributed by atoms with van der Waals surface area (Å²) in [6, 6.07) is 14.7. The standard InChI is InChI=1S/C24H19N3O5/c1-14-6-9-18(13-15(14)2)26-21(19-5-3-4-12-25-19)20(23(29)24(26)30)22(28)16-7-10-17(11-8-16)27(31)32/h3-13,21,28H,1-2H3/b22-20+. The van der Waals surface area contributed by atoms with Gasteiger partial charge in [-0.05, 0) is 61.4 Å². The number of anilines is 1. The third-order valence-corrected chi connectivity index (χ3v) is 5.53. The largest absolute Gasteiger partial charge is 0.507 e. The molecular formula is C24H19N3O5. The number of carbonyl (C=O) groups is 2. The van der Waals surface area contributed by atoms with Crippen molar-refractivity contribution in [2.75, 3.05) is 4.90 Å². The third kappa shape index (κ3) is 3.51. The van der Waals surface area contributed by atoms with E-state index in [2.05, 4.69) is 4.98 Å². The minimum Gasteiger partial charge on any atom is -0.507 e. The van der Waals surface area contributed by atoms with E-state index in [-0.39, 0.29) is 16.8 Å². The second kappa shape index (κ2) is 8.07. The lowest BCUT2D eigenvalue weighted by Gasteiger charge is -2.25. The third-order valence-electron chi connectivity index (χ3n) is 5.53. The van der Waals surface area contributed by atoms with E-state index in [1.807, 2.05) is 26.0 Å². The number of aliphatic hydroxyl groups is 1. The topological polar surface area (TPSA) is 114 Å². The van der Waals surface area contributed by atoms with Gasteiger partial charge in [-0.3, -0.25) is 29.6 Å². The van der Waals surface area contributed by atoms with Crippen LogP contribution in [0.3, 0.4) is 0 Å². The molecule has 1 unspecified atom stereocenters. The van der Waals surface area contributed by atoms with E-state index in [1.165, 1.54) is 29.2 Å². The van der Waals surface area contributed by atoms with Crippen LogP contribution in [-0.4, -0.2) is 26.7 Å². The van der Waals surface area contributed by atoms with Gasteiger partial charge in [0.2, 0.25) is 0 Å². The summed E-state index contributed by atoms with van der Waals surface area (Å²) < 4.78 is 0. The number of carbonyl (C=O) groups excluding carboxylic acids is 2. The number of nitrogens with zero attached hydrogens (tertiary/aromatic N) is 3. The number of amides is 1. The van der Waals surface area contributed by atoms with Gasteiger partial charge >= 0.3 is 0 Å². The van der Waals surface area contributed by atoms with Gasteiger partial charge < -0.3 is 5.11 Å². The highest BCUT2D eigenvalue weighted by molar-refractivity contribution is 6.51. The Morgan fingerprint density at radius 1 is 1.03 bits per heavy atom. The molecule has 1 fully saturated rings. The molecule has 0 spiro atoms. The van der Waals surface area contributed by atoms with E-state index in [0.29, 0.717) is 11.4 Å². The van der Waals surface area contributed by atoms with Crippen molar-refractivity contribution in [1.82, 2.24) is 4.98 Å². The average molecular weight is 429 g/mol. The van der Waals surface area contributed by atoms with Gasteiger partial charge in [0.05, 0.1) is 16.2 Å². The van der Waals surface area contributed by atoms with Crippen molar-refractivity contribution in [2.45, 2.75) is 19.9 Å². The lowest BCUT2D eigenvalue weighted by atomic mass is 9.98. The summed E-state index contributed by atoms with van der Waals surface area (Å²) in [6.45, 7) is 3.85. The maximum Gasteiger partial charge on any atom is 0.300 e. The number of Topliss-reactive ketones (excluding diaryl/α,β-unsaturated/α-hetero) is 1. The lowest BCUT2D eigenvalue weighted by Crippen LogP contribution is -2.29. The molecule has 8 nitrogen and oxygen atoms in total. The number of aliphatic hydroxyl groups excluding tert-OH is 1. The number of hydrogen-bond acceptors (Lipinski definition) is 6. The summed E-state index contributed by atoms with van der Waals surface area (Å²) in [5.74, 6) is -2.05. The van der Waals surface area contributed by atoms with E-state index in [9.17, 15) is 24.8 Å². The number of pyridine rings is 1. The lowest BCUT2D eigenvalue weighted by molar-refractivity contribution is -0.384. The van der Waals surface area contributed by atoms with Gasteiger partial charge in [-0.25, -0.2) is 0 Å². The maximum atomic E-state index is 13.1. The average Bonchev–Trinajstić information content (AvgIpc) is 3.06. The van der Waals surface area contributed by atoms with Crippen molar-refractivity contribution in [2.24, 2.45) is 0 Å². The van der Waals surface area contributed by atoms with Gasteiger partial charge in [0.25, 0.3) is 17.4 Å². The molecule has 3 aromatic rings. The number of rotatable bonds is 4. The highest BCUT2D eigenvalue weighted by Gasteiger charge is 2.47. The summed E-state index contributed by atoms with van der Waals surface area (Å²) in [5.41, 5.74) is 2.81. The number of hydrogen-bond donors (Lipinski definition) is 1. The molecule has 8 heteroatoms. The molecule has 1 aliphatic heterocycles. The molecule has 0 saturated carbocycles. The molecule has 0 aliphatic carbocycles. The van der Waals surface area contributed by atoms with Crippen LogP contribution in [0.5, 0.6) is 0 Å². The predicted molar refractivity (Wildman–Crippen MR) is 118 cm³/mol. The minimum atomic E-state index is -0.950. The van der Waals surface area contributed by atoms with E-state index in [4.69, 9.17) is 0 Å². The number of nitro benzene ring substituents is 1. The van der Waals surface area contributed by atoms with Gasteiger partial charge in [0.1, 0.15) is 11.8 Å². The Morgan fingerprint density at radius 3 is 2.34 bits per heavy atom. The van der Waals surface area contributed by atoms with Crippen LogP contribution in [0, 0.1) is 24.0 Å². The summed E-state index contributed by atoms with van der Waals surface area (Å²) in [5, 5.41) is 22.0. The first-order valence-electron chi connectivity index (χ1n) is 9.83. The zero-order valence-corrected chi connectivity index (χ0v) is 17.4. The SMILES string of the molecule is Cc1ccc(N2C(=O)C(=O)/C(=C(/O)c3ccc([N+](=O)[O-])cc3)C2c2ccccn2)cc1C. The first-order chi connectivity index (χ1) is 15.3. The Kier molecular flexibility index (Phi) is 5.28. The van der Waals surface area contributed by atoms with Crippen molar-refractivity contribution in [3.63, 3.8) is 0 Å². The zero-order valence-electron chi connectivity index (χ0n) is 17.4. The van der Waals surface area contributed by atoms with Crippen molar-refractivity contribution in [3.8, 4) is 0 Å². The second-order valence-corrected chi connectivity index (χ2v) is 7.50. The van der Waals surface area contributed by atoms with Crippen LogP contribution in [0.15, 0.2) is 72.4 Å². The van der Waals surface area contributed by atoms with Crippen LogP contribution in [0.2, 0.25) is 0 Å². The van der Waals surface area contributed by atoms with Crippen molar-refractivity contribution in [3.05, 3.63) is 105 Å². The number of benzene rings is 2. The first kappa shape index (κ1) is 20.9.